The van der Waals surface area contributed by atoms with Crippen LogP contribution in [0.25, 0.3) is 21.8 Å². The van der Waals surface area contributed by atoms with Crippen molar-refractivity contribution >= 4 is 39.7 Å². The molecule has 0 atom stereocenters. The van der Waals surface area contributed by atoms with Gasteiger partial charge in [0.25, 0.3) is 0 Å². The number of hydrogen-bond acceptors (Lipinski definition) is 5. The van der Waals surface area contributed by atoms with E-state index >= 15 is 0 Å². The van der Waals surface area contributed by atoms with E-state index in [0.29, 0.717) is 5.39 Å². The molecular formula is C15H10N2O7. The molecule has 0 aliphatic carbocycles. The van der Waals surface area contributed by atoms with E-state index in [4.69, 9.17) is 9.94 Å². The van der Waals surface area contributed by atoms with Gasteiger partial charge >= 0.3 is 17.9 Å². The van der Waals surface area contributed by atoms with Gasteiger partial charge in [-0.15, -0.1) is 0 Å². The van der Waals surface area contributed by atoms with E-state index < -0.39 is 23.6 Å². The number of fused-ring (bicyclic) bond motifs is 3. The van der Waals surface area contributed by atoms with E-state index in [0.717, 1.165) is 10.8 Å². The molecule has 0 bridgehead atoms. The standard InChI is InChI=1S/C15H10N2O7/c1-24-17-10(15(22)23)4-6-2-3-8-11(12(6)17)7(13(18)19)5-9(16-8)14(20)21/h2-5H,1H3,(H,18,19)(H,20,21)(H,22,23). The van der Waals surface area contributed by atoms with Crippen molar-refractivity contribution in [1.29, 1.82) is 0 Å². The van der Waals surface area contributed by atoms with E-state index in [1.54, 1.807) is 0 Å². The van der Waals surface area contributed by atoms with Crippen molar-refractivity contribution in [2.24, 2.45) is 0 Å². The van der Waals surface area contributed by atoms with Crippen LogP contribution in [0.15, 0.2) is 24.3 Å². The number of pyridine rings is 1. The minimum Gasteiger partial charge on any atom is -0.478 e. The maximum absolute atomic E-state index is 11.6. The molecule has 3 N–H and O–H groups in total. The number of hydrogen-bond donors (Lipinski definition) is 3. The van der Waals surface area contributed by atoms with E-state index in [1.807, 2.05) is 0 Å². The second kappa shape index (κ2) is 5.23. The normalized spacial score (nSPS) is 10.9. The van der Waals surface area contributed by atoms with Gasteiger partial charge in [0, 0.05) is 10.8 Å². The second-order valence-corrected chi connectivity index (χ2v) is 4.87. The summed E-state index contributed by atoms with van der Waals surface area (Å²) in [6.07, 6.45) is 0. The van der Waals surface area contributed by atoms with Crippen LogP contribution in [0.1, 0.15) is 31.3 Å². The van der Waals surface area contributed by atoms with Gasteiger partial charge in [-0.25, -0.2) is 19.4 Å². The van der Waals surface area contributed by atoms with Crippen molar-refractivity contribution in [2.75, 3.05) is 7.11 Å². The fourth-order valence-electron chi connectivity index (χ4n) is 2.60. The summed E-state index contributed by atoms with van der Waals surface area (Å²) >= 11 is 0. The van der Waals surface area contributed by atoms with Crippen molar-refractivity contribution in [1.82, 2.24) is 9.71 Å². The Morgan fingerprint density at radius 1 is 1.04 bits per heavy atom. The Bertz CT molecular complexity index is 1040. The summed E-state index contributed by atoms with van der Waals surface area (Å²) in [5.74, 6) is -3.99. The number of carboxylic acid groups (broad SMARTS) is 3. The number of aromatic nitrogens is 2. The van der Waals surface area contributed by atoms with Crippen LogP contribution in [0.3, 0.4) is 0 Å². The van der Waals surface area contributed by atoms with Gasteiger partial charge in [-0.1, -0.05) is 6.07 Å². The number of aromatic carboxylic acids is 3. The summed E-state index contributed by atoms with van der Waals surface area (Å²) in [5.41, 5.74) is -0.634. The first kappa shape index (κ1) is 15.3. The van der Waals surface area contributed by atoms with Gasteiger partial charge in [-0.2, -0.15) is 4.73 Å². The Hall–Kier alpha value is -3.62. The van der Waals surface area contributed by atoms with Gasteiger partial charge in [-0.3, -0.25) is 0 Å². The van der Waals surface area contributed by atoms with E-state index in [2.05, 4.69) is 4.98 Å². The minimum atomic E-state index is -1.37. The zero-order valence-electron chi connectivity index (χ0n) is 12.2. The lowest BCUT2D eigenvalue weighted by atomic mass is 10.0. The first-order valence-corrected chi connectivity index (χ1v) is 6.58. The average Bonchev–Trinajstić information content (AvgIpc) is 2.92. The van der Waals surface area contributed by atoms with Crippen LogP contribution in [0, 0.1) is 0 Å². The monoisotopic (exact) mass is 330 g/mol. The van der Waals surface area contributed by atoms with Crippen LogP contribution in [0.4, 0.5) is 0 Å². The smallest absolute Gasteiger partial charge is 0.356 e. The van der Waals surface area contributed by atoms with Crippen molar-refractivity contribution < 1.29 is 34.5 Å². The van der Waals surface area contributed by atoms with Gasteiger partial charge in [0.2, 0.25) is 0 Å². The van der Waals surface area contributed by atoms with Crippen molar-refractivity contribution in [3.63, 3.8) is 0 Å². The average molecular weight is 330 g/mol. The molecule has 122 valence electrons. The Kier molecular flexibility index (Phi) is 3.33. The first-order valence-electron chi connectivity index (χ1n) is 6.58. The molecule has 2 aromatic heterocycles. The maximum atomic E-state index is 11.6. The molecule has 3 rings (SSSR count). The number of nitrogens with zero attached hydrogens (tertiary/aromatic N) is 2. The van der Waals surface area contributed by atoms with Crippen molar-refractivity contribution in [3.8, 4) is 0 Å². The fourth-order valence-corrected chi connectivity index (χ4v) is 2.60. The topological polar surface area (TPSA) is 139 Å². The molecular weight excluding hydrogens is 320 g/mol. The largest absolute Gasteiger partial charge is 0.478 e. The molecule has 0 aliphatic rings. The molecule has 2 heterocycles. The summed E-state index contributed by atoms with van der Waals surface area (Å²) < 4.78 is 0.981. The Labute approximate surface area is 133 Å². The van der Waals surface area contributed by atoms with Gasteiger partial charge in [0.15, 0.2) is 5.69 Å². The number of rotatable bonds is 4. The lowest BCUT2D eigenvalue weighted by Gasteiger charge is -2.10. The van der Waals surface area contributed by atoms with Crippen LogP contribution in [-0.2, 0) is 0 Å². The third-order valence-electron chi connectivity index (χ3n) is 3.54. The molecule has 9 heteroatoms. The first-order chi connectivity index (χ1) is 11.3. The highest BCUT2D eigenvalue weighted by Gasteiger charge is 2.23. The maximum Gasteiger partial charge on any atom is 0.356 e. The number of benzene rings is 1. The van der Waals surface area contributed by atoms with Crippen LogP contribution < -0.4 is 4.84 Å². The van der Waals surface area contributed by atoms with E-state index in [-0.39, 0.29) is 27.7 Å². The number of carbonyl (C=O) groups is 3. The van der Waals surface area contributed by atoms with Gasteiger partial charge < -0.3 is 20.2 Å². The zero-order chi connectivity index (χ0) is 17.6. The highest BCUT2D eigenvalue weighted by atomic mass is 16.6. The summed E-state index contributed by atoms with van der Waals surface area (Å²) in [5, 5.41) is 28.3. The lowest BCUT2D eigenvalue weighted by molar-refractivity contribution is 0.0642. The molecule has 0 aliphatic heterocycles. The van der Waals surface area contributed by atoms with Gasteiger partial charge in [0.1, 0.15) is 12.8 Å². The lowest BCUT2D eigenvalue weighted by Crippen LogP contribution is -2.14. The molecule has 24 heavy (non-hydrogen) atoms. The highest BCUT2D eigenvalue weighted by molar-refractivity contribution is 6.16. The molecule has 1 aromatic carbocycles. The van der Waals surface area contributed by atoms with Crippen molar-refractivity contribution in [3.05, 3.63) is 41.2 Å². The molecule has 0 amide bonds. The zero-order valence-corrected chi connectivity index (χ0v) is 12.2. The van der Waals surface area contributed by atoms with Crippen LogP contribution >= 0.6 is 0 Å². The summed E-state index contributed by atoms with van der Waals surface area (Å²) in [7, 11) is 1.24. The molecule has 9 nitrogen and oxygen atoms in total. The molecule has 0 unspecified atom stereocenters. The third-order valence-corrected chi connectivity index (χ3v) is 3.54. The van der Waals surface area contributed by atoms with E-state index in [1.165, 1.54) is 25.3 Å². The molecule has 0 spiro atoms. The summed E-state index contributed by atoms with van der Waals surface area (Å²) in [4.78, 5) is 43.1. The molecule has 3 aromatic rings. The van der Waals surface area contributed by atoms with Gasteiger partial charge in [0.05, 0.1) is 16.6 Å². The predicted octanol–water partition coefficient (Wildman–Crippen LogP) is 1.34. The van der Waals surface area contributed by atoms with Crippen LogP contribution in [0.2, 0.25) is 0 Å². The molecule has 0 fully saturated rings. The van der Waals surface area contributed by atoms with Crippen LogP contribution in [0.5, 0.6) is 0 Å². The minimum absolute atomic E-state index is 0.0966. The number of carboxylic acids is 3. The van der Waals surface area contributed by atoms with E-state index in [9.17, 15) is 24.6 Å². The SMILES string of the molecule is COn1c(C(=O)O)cc2ccc3nc(C(=O)O)cc(C(=O)O)c3c21. The Morgan fingerprint density at radius 2 is 1.75 bits per heavy atom. The quantitative estimate of drug-likeness (QED) is 0.651. The van der Waals surface area contributed by atoms with Gasteiger partial charge in [-0.05, 0) is 18.2 Å². The molecule has 0 saturated heterocycles. The summed E-state index contributed by atoms with van der Waals surface area (Å²) in [6, 6.07) is 5.21. The Balaban J connectivity index is 2.57. The molecule has 0 radical (unpaired) electrons. The third kappa shape index (κ3) is 2.10. The highest BCUT2D eigenvalue weighted by Crippen LogP contribution is 2.30. The van der Waals surface area contributed by atoms with Crippen molar-refractivity contribution in [2.45, 2.75) is 0 Å². The second-order valence-electron chi connectivity index (χ2n) is 4.87. The predicted molar refractivity (Wildman–Crippen MR) is 80.6 cm³/mol. The van der Waals surface area contributed by atoms with Crippen LogP contribution in [-0.4, -0.2) is 50.1 Å². The Morgan fingerprint density at radius 3 is 2.29 bits per heavy atom. The summed E-state index contributed by atoms with van der Waals surface area (Å²) in [6.45, 7) is 0. The fraction of sp³-hybridized carbons (Fsp3) is 0.0667. The molecule has 0 saturated carbocycles.